The number of aromatic carboxylic acids is 1. The van der Waals surface area contributed by atoms with E-state index in [-0.39, 0.29) is 29.1 Å². The number of carbonyl (C=O) groups is 1. The van der Waals surface area contributed by atoms with Gasteiger partial charge < -0.3 is 19.7 Å². The van der Waals surface area contributed by atoms with E-state index >= 15 is 4.39 Å². The Morgan fingerprint density at radius 3 is 2.83 bits per heavy atom. The second-order valence-electron chi connectivity index (χ2n) is 8.01. The number of benzene rings is 1. The number of hydrogen-bond acceptors (Lipinski definition) is 5. The molecule has 1 saturated carbocycles. The lowest BCUT2D eigenvalue weighted by Gasteiger charge is -2.37. The minimum Gasteiger partial charge on any atom is -0.477 e. The molecular weight excluding hydrogens is 377 g/mol. The summed E-state index contributed by atoms with van der Waals surface area (Å²) < 4.78 is 22.1. The molecule has 0 radical (unpaired) electrons. The van der Waals surface area contributed by atoms with Crippen LogP contribution in [0.4, 0.5) is 4.39 Å². The third kappa shape index (κ3) is 3.80. The normalized spacial score (nSPS) is 21.4. The van der Waals surface area contributed by atoms with Crippen molar-refractivity contribution >= 4 is 16.9 Å². The van der Waals surface area contributed by atoms with Gasteiger partial charge in [0.2, 0.25) is 5.43 Å². The van der Waals surface area contributed by atoms with Crippen LogP contribution in [0.1, 0.15) is 47.8 Å². The molecule has 4 rings (SSSR count). The van der Waals surface area contributed by atoms with E-state index in [1.165, 1.54) is 12.3 Å². The number of carboxylic acid groups (broad SMARTS) is 1. The first kappa shape index (κ1) is 20.0. The Bertz CT molecular complexity index is 1000. The number of rotatable bonds is 6. The third-order valence-corrected chi connectivity index (χ3v) is 5.93. The van der Waals surface area contributed by atoms with E-state index in [1.54, 1.807) is 13.2 Å². The molecule has 29 heavy (non-hydrogen) atoms. The highest BCUT2D eigenvalue weighted by molar-refractivity contribution is 5.92. The Kier molecular flexibility index (Phi) is 5.42. The SMILES string of the molecule is COCC(C)N1CCNC(c2cc3c(cc2F)c(=O)c(C(=O)O)cn3C2CC2)C1. The Hall–Kier alpha value is -2.29. The van der Waals surface area contributed by atoms with Crippen molar-refractivity contribution in [3.05, 3.63) is 45.5 Å². The van der Waals surface area contributed by atoms with Crippen molar-refractivity contribution in [1.29, 1.82) is 0 Å². The molecule has 1 aliphatic heterocycles. The van der Waals surface area contributed by atoms with Crippen molar-refractivity contribution in [3.63, 3.8) is 0 Å². The molecule has 0 amide bonds. The monoisotopic (exact) mass is 403 g/mol. The number of nitrogens with one attached hydrogen (secondary N) is 1. The van der Waals surface area contributed by atoms with Gasteiger partial charge in [0, 0.05) is 62.0 Å². The second kappa shape index (κ2) is 7.85. The molecule has 1 aliphatic carbocycles. The molecule has 0 bridgehead atoms. The zero-order valence-electron chi connectivity index (χ0n) is 16.7. The van der Waals surface area contributed by atoms with E-state index in [9.17, 15) is 14.7 Å². The highest BCUT2D eigenvalue weighted by Gasteiger charge is 2.30. The van der Waals surface area contributed by atoms with Crippen molar-refractivity contribution in [2.75, 3.05) is 33.4 Å². The Balaban J connectivity index is 1.77. The summed E-state index contributed by atoms with van der Waals surface area (Å²) in [6.07, 6.45) is 3.26. The molecule has 1 aromatic carbocycles. The van der Waals surface area contributed by atoms with Gasteiger partial charge in [-0.2, -0.15) is 0 Å². The van der Waals surface area contributed by atoms with Crippen LogP contribution in [0, 0.1) is 5.82 Å². The summed E-state index contributed by atoms with van der Waals surface area (Å²) in [5.41, 5.74) is 0.153. The van der Waals surface area contributed by atoms with Crippen LogP contribution in [-0.4, -0.2) is 59.9 Å². The van der Waals surface area contributed by atoms with Crippen molar-refractivity contribution in [2.45, 2.75) is 37.9 Å². The fourth-order valence-corrected chi connectivity index (χ4v) is 4.19. The molecule has 1 aromatic heterocycles. The molecule has 7 nitrogen and oxygen atoms in total. The number of nitrogens with zero attached hydrogens (tertiary/aromatic N) is 2. The van der Waals surface area contributed by atoms with E-state index in [4.69, 9.17) is 4.74 Å². The topological polar surface area (TPSA) is 83.8 Å². The standard InChI is InChI=1S/C21H26FN3O4/c1-12(11-29-2)24-6-5-23-18(10-24)14-8-19-15(7-17(14)22)20(26)16(21(27)28)9-25(19)13-3-4-13/h7-9,12-13,18,23H,3-6,10-11H2,1-2H3,(H,27,28). The van der Waals surface area contributed by atoms with Crippen LogP contribution in [0.5, 0.6) is 0 Å². The quantitative estimate of drug-likeness (QED) is 0.769. The summed E-state index contributed by atoms with van der Waals surface area (Å²) in [5, 5.41) is 12.9. The van der Waals surface area contributed by atoms with Crippen LogP contribution < -0.4 is 10.7 Å². The largest absolute Gasteiger partial charge is 0.477 e. The lowest BCUT2D eigenvalue weighted by Crippen LogP contribution is -2.50. The average Bonchev–Trinajstić information content (AvgIpc) is 3.53. The second-order valence-corrected chi connectivity index (χ2v) is 8.01. The summed E-state index contributed by atoms with van der Waals surface area (Å²) in [6, 6.07) is 3.09. The highest BCUT2D eigenvalue weighted by Crippen LogP contribution is 2.38. The number of hydrogen-bond donors (Lipinski definition) is 2. The third-order valence-electron chi connectivity index (χ3n) is 5.93. The smallest absolute Gasteiger partial charge is 0.341 e. The number of ether oxygens (including phenoxy) is 1. The number of piperazine rings is 1. The predicted molar refractivity (Wildman–Crippen MR) is 107 cm³/mol. The number of pyridine rings is 1. The van der Waals surface area contributed by atoms with Crippen molar-refractivity contribution in [2.24, 2.45) is 0 Å². The number of methoxy groups -OCH3 is 1. The predicted octanol–water partition coefficient (Wildman–Crippen LogP) is 2.15. The molecular formula is C21H26FN3O4. The van der Waals surface area contributed by atoms with E-state index in [2.05, 4.69) is 17.1 Å². The summed E-state index contributed by atoms with van der Waals surface area (Å²) in [7, 11) is 1.67. The zero-order chi connectivity index (χ0) is 20.7. The van der Waals surface area contributed by atoms with E-state index in [0.29, 0.717) is 24.2 Å². The average molecular weight is 403 g/mol. The summed E-state index contributed by atoms with van der Waals surface area (Å²) >= 11 is 0. The first-order chi connectivity index (χ1) is 13.9. The van der Waals surface area contributed by atoms with E-state index < -0.39 is 17.2 Å². The molecule has 2 N–H and O–H groups in total. The maximum atomic E-state index is 15.1. The Morgan fingerprint density at radius 2 is 2.17 bits per heavy atom. The summed E-state index contributed by atoms with van der Waals surface area (Å²) in [6.45, 7) is 4.90. The van der Waals surface area contributed by atoms with Crippen LogP contribution in [0.25, 0.3) is 10.9 Å². The minimum atomic E-state index is -1.28. The van der Waals surface area contributed by atoms with Crippen molar-refractivity contribution < 1.29 is 19.0 Å². The van der Waals surface area contributed by atoms with E-state index in [1.807, 2.05) is 4.57 Å². The molecule has 1 saturated heterocycles. The molecule has 2 heterocycles. The number of halogens is 1. The van der Waals surface area contributed by atoms with Gasteiger partial charge in [-0.15, -0.1) is 0 Å². The number of aromatic nitrogens is 1. The summed E-state index contributed by atoms with van der Waals surface area (Å²) in [4.78, 5) is 26.4. The molecule has 2 atom stereocenters. The van der Waals surface area contributed by atoms with Crippen LogP contribution in [0.2, 0.25) is 0 Å². The van der Waals surface area contributed by atoms with Gasteiger partial charge in [0.15, 0.2) is 0 Å². The molecule has 2 aromatic rings. The first-order valence-electron chi connectivity index (χ1n) is 9.98. The number of carboxylic acids is 1. The number of fused-ring (bicyclic) bond motifs is 1. The molecule has 0 spiro atoms. The van der Waals surface area contributed by atoms with Gasteiger partial charge in [-0.25, -0.2) is 9.18 Å². The Labute approximate surface area is 168 Å². The van der Waals surface area contributed by atoms with Gasteiger partial charge in [-0.1, -0.05) is 0 Å². The Morgan fingerprint density at radius 1 is 1.41 bits per heavy atom. The lowest BCUT2D eigenvalue weighted by atomic mass is 9.99. The zero-order valence-corrected chi connectivity index (χ0v) is 16.7. The maximum Gasteiger partial charge on any atom is 0.341 e. The molecule has 156 valence electrons. The van der Waals surface area contributed by atoms with Crippen LogP contribution in [0.15, 0.2) is 23.1 Å². The summed E-state index contributed by atoms with van der Waals surface area (Å²) in [5.74, 6) is -1.77. The first-order valence-corrected chi connectivity index (χ1v) is 9.98. The fourth-order valence-electron chi connectivity index (χ4n) is 4.19. The van der Waals surface area contributed by atoms with Gasteiger partial charge in [0.05, 0.1) is 12.1 Å². The highest BCUT2D eigenvalue weighted by atomic mass is 19.1. The molecule has 8 heteroatoms. The van der Waals surface area contributed by atoms with Crippen LogP contribution >= 0.6 is 0 Å². The van der Waals surface area contributed by atoms with Gasteiger partial charge in [-0.3, -0.25) is 9.69 Å². The lowest BCUT2D eigenvalue weighted by molar-refractivity contribution is 0.0695. The molecule has 2 unspecified atom stereocenters. The van der Waals surface area contributed by atoms with Crippen molar-refractivity contribution in [1.82, 2.24) is 14.8 Å². The van der Waals surface area contributed by atoms with Crippen LogP contribution in [0.3, 0.4) is 0 Å². The minimum absolute atomic E-state index is 0.124. The molecule has 2 aliphatic rings. The van der Waals surface area contributed by atoms with Crippen molar-refractivity contribution in [3.8, 4) is 0 Å². The van der Waals surface area contributed by atoms with Gasteiger partial charge in [0.1, 0.15) is 11.4 Å². The van der Waals surface area contributed by atoms with E-state index in [0.717, 1.165) is 25.9 Å². The van der Waals surface area contributed by atoms with Gasteiger partial charge >= 0.3 is 5.97 Å². The maximum absolute atomic E-state index is 15.1. The van der Waals surface area contributed by atoms with Crippen LogP contribution in [-0.2, 0) is 4.74 Å². The van der Waals surface area contributed by atoms with Gasteiger partial charge in [-0.05, 0) is 31.9 Å². The fraction of sp³-hybridized carbons (Fsp3) is 0.524. The van der Waals surface area contributed by atoms with Gasteiger partial charge in [0.25, 0.3) is 0 Å². The molecule has 2 fully saturated rings.